The molecule has 0 bridgehead atoms. The normalized spacial score (nSPS) is 10.1. The Morgan fingerprint density at radius 2 is 1.00 bits per heavy atom. The monoisotopic (exact) mass is 340 g/mol. The smallest absolute Gasteiger partial charge is 0.224 e. The molecule has 0 spiro atoms. The van der Waals surface area contributed by atoms with Crippen molar-refractivity contribution in [3.8, 4) is 0 Å². The van der Waals surface area contributed by atoms with E-state index < -0.39 is 11.6 Å². The molecule has 8 heteroatoms. The van der Waals surface area contributed by atoms with Crippen LogP contribution in [-0.2, 0) is 9.59 Å². The van der Waals surface area contributed by atoms with Crippen LogP contribution in [0.25, 0.3) is 0 Å². The van der Waals surface area contributed by atoms with E-state index in [0.717, 1.165) is 22.0 Å². The van der Waals surface area contributed by atoms with Crippen LogP contribution in [0.2, 0.25) is 0 Å². The van der Waals surface area contributed by atoms with E-state index in [0.29, 0.717) is 24.2 Å². The van der Waals surface area contributed by atoms with Gasteiger partial charge in [-0.15, -0.1) is 0 Å². The summed E-state index contributed by atoms with van der Waals surface area (Å²) in [6.45, 7) is 0. The van der Waals surface area contributed by atoms with Gasteiger partial charge < -0.3 is 0 Å². The SMILES string of the molecule is O=CN(SSN(C=O)c1ccc(F)cc1)c1ccc(F)cc1. The Kier molecular flexibility index (Phi) is 5.79. The molecule has 4 nitrogen and oxygen atoms in total. The van der Waals surface area contributed by atoms with E-state index in [1.807, 2.05) is 0 Å². The Balaban J connectivity index is 2.04. The summed E-state index contributed by atoms with van der Waals surface area (Å²) in [5.41, 5.74) is 0.942. The van der Waals surface area contributed by atoms with Gasteiger partial charge in [-0.2, -0.15) is 0 Å². The Bertz CT molecular complexity index is 581. The summed E-state index contributed by atoms with van der Waals surface area (Å²) in [5.74, 6) is -0.818. The first kappa shape index (κ1) is 16.3. The van der Waals surface area contributed by atoms with Crippen LogP contribution >= 0.6 is 22.0 Å². The lowest BCUT2D eigenvalue weighted by atomic mass is 10.3. The second kappa shape index (κ2) is 7.81. The Morgan fingerprint density at radius 1 is 0.682 bits per heavy atom. The third-order valence-electron chi connectivity index (χ3n) is 2.55. The molecule has 114 valence electrons. The summed E-state index contributed by atoms with van der Waals surface area (Å²) < 4.78 is 28.2. The molecule has 22 heavy (non-hydrogen) atoms. The maximum absolute atomic E-state index is 12.9. The number of benzene rings is 2. The van der Waals surface area contributed by atoms with Gasteiger partial charge in [0.25, 0.3) is 0 Å². The maximum atomic E-state index is 12.9. The molecule has 0 aliphatic carbocycles. The lowest BCUT2D eigenvalue weighted by molar-refractivity contribution is -0.107. The van der Waals surface area contributed by atoms with Gasteiger partial charge in [0.1, 0.15) is 11.6 Å². The third kappa shape index (κ3) is 4.22. The Hall–Kier alpha value is -2.06. The lowest BCUT2D eigenvalue weighted by Gasteiger charge is -2.19. The fourth-order valence-corrected chi connectivity index (χ4v) is 3.28. The fourth-order valence-electron chi connectivity index (χ4n) is 1.49. The number of halogens is 2. The summed E-state index contributed by atoms with van der Waals surface area (Å²) in [6, 6.07) is 10.7. The maximum Gasteiger partial charge on any atom is 0.224 e. The summed E-state index contributed by atoms with van der Waals surface area (Å²) in [6.07, 6.45) is 1.11. The predicted octanol–water partition coefficient (Wildman–Crippen LogP) is 3.80. The molecule has 0 saturated carbocycles. The van der Waals surface area contributed by atoms with Crippen LogP contribution in [0.5, 0.6) is 0 Å². The molecule has 0 aliphatic rings. The quantitative estimate of drug-likeness (QED) is 0.437. The van der Waals surface area contributed by atoms with Crippen molar-refractivity contribution in [3.05, 3.63) is 60.2 Å². The number of rotatable bonds is 7. The molecule has 0 N–H and O–H groups in total. The second-order valence-electron chi connectivity index (χ2n) is 3.96. The third-order valence-corrected chi connectivity index (χ3v) is 4.69. The minimum atomic E-state index is -0.409. The highest BCUT2D eigenvalue weighted by Crippen LogP contribution is 2.35. The van der Waals surface area contributed by atoms with Gasteiger partial charge in [0.05, 0.1) is 33.3 Å². The van der Waals surface area contributed by atoms with E-state index in [1.54, 1.807) is 0 Å². The van der Waals surface area contributed by atoms with Crippen molar-refractivity contribution in [2.75, 3.05) is 8.61 Å². The zero-order chi connectivity index (χ0) is 15.9. The summed E-state index contributed by atoms with van der Waals surface area (Å²) in [4.78, 5) is 22.2. The van der Waals surface area contributed by atoms with Crippen LogP contribution in [0.4, 0.5) is 20.2 Å². The van der Waals surface area contributed by atoms with Crippen molar-refractivity contribution in [2.24, 2.45) is 0 Å². The van der Waals surface area contributed by atoms with Crippen LogP contribution < -0.4 is 8.61 Å². The Morgan fingerprint density at radius 3 is 1.27 bits per heavy atom. The van der Waals surface area contributed by atoms with Gasteiger partial charge in [-0.25, -0.2) is 17.4 Å². The molecule has 0 saturated heterocycles. The molecule has 0 fully saturated rings. The molecule has 2 aromatic rings. The highest BCUT2D eigenvalue weighted by atomic mass is 33.1. The van der Waals surface area contributed by atoms with E-state index in [2.05, 4.69) is 0 Å². The first-order valence-corrected chi connectivity index (χ1v) is 8.05. The minimum absolute atomic E-state index is 0.409. The van der Waals surface area contributed by atoms with E-state index >= 15 is 0 Å². The van der Waals surface area contributed by atoms with E-state index in [-0.39, 0.29) is 0 Å². The van der Waals surface area contributed by atoms with Gasteiger partial charge in [-0.3, -0.25) is 9.59 Å². The van der Waals surface area contributed by atoms with Crippen molar-refractivity contribution in [2.45, 2.75) is 0 Å². The molecule has 2 amide bonds. The first-order valence-electron chi connectivity index (χ1n) is 5.99. The van der Waals surface area contributed by atoms with Gasteiger partial charge >= 0.3 is 0 Å². The second-order valence-corrected chi connectivity index (χ2v) is 5.94. The van der Waals surface area contributed by atoms with Crippen molar-refractivity contribution in [1.82, 2.24) is 0 Å². The highest BCUT2D eigenvalue weighted by Gasteiger charge is 2.12. The molecule has 0 aliphatic heterocycles. The number of amides is 2. The minimum Gasteiger partial charge on any atom is -0.277 e. The van der Waals surface area contributed by atoms with Crippen LogP contribution in [0, 0.1) is 11.6 Å². The summed E-state index contributed by atoms with van der Waals surface area (Å²) in [7, 11) is 1.95. The van der Waals surface area contributed by atoms with Gasteiger partial charge in [0.15, 0.2) is 0 Å². The number of carbonyl (C=O) groups excluding carboxylic acids is 2. The first-order chi connectivity index (χ1) is 10.6. The largest absolute Gasteiger partial charge is 0.277 e. The topological polar surface area (TPSA) is 40.6 Å². The van der Waals surface area contributed by atoms with Crippen LogP contribution in [0.15, 0.2) is 48.5 Å². The van der Waals surface area contributed by atoms with Crippen molar-refractivity contribution in [1.29, 1.82) is 0 Å². The van der Waals surface area contributed by atoms with E-state index in [4.69, 9.17) is 0 Å². The van der Waals surface area contributed by atoms with Crippen molar-refractivity contribution >= 4 is 46.2 Å². The van der Waals surface area contributed by atoms with Crippen molar-refractivity contribution in [3.63, 3.8) is 0 Å². The Labute approximate surface area is 133 Å². The molecule has 0 radical (unpaired) electrons. The number of hydrogen-bond acceptors (Lipinski definition) is 4. The average Bonchev–Trinajstić information content (AvgIpc) is 2.54. The number of nitrogens with zero attached hydrogens (tertiary/aromatic N) is 2. The fraction of sp³-hybridized carbons (Fsp3) is 0. The summed E-state index contributed by atoms with van der Waals surface area (Å²) >= 11 is 0. The number of anilines is 2. The van der Waals surface area contributed by atoms with Gasteiger partial charge in [-0.1, -0.05) is 0 Å². The van der Waals surface area contributed by atoms with Crippen LogP contribution in [0.1, 0.15) is 0 Å². The molecular weight excluding hydrogens is 330 g/mol. The molecular formula is C14H10F2N2O2S2. The zero-order valence-corrected chi connectivity index (χ0v) is 12.7. The van der Waals surface area contributed by atoms with Gasteiger partial charge in [-0.05, 0) is 48.5 Å². The molecule has 0 aromatic heterocycles. The molecule has 2 aromatic carbocycles. The van der Waals surface area contributed by atoms with Gasteiger partial charge in [0, 0.05) is 0 Å². The standard InChI is InChI=1S/C14H10F2N2O2S2/c15-11-1-5-13(6-2-11)17(9-19)21-22-18(10-20)14-7-3-12(16)4-8-14/h1-10H. The molecule has 2 rings (SSSR count). The lowest BCUT2D eigenvalue weighted by Crippen LogP contribution is -2.15. The molecule has 0 unspecified atom stereocenters. The summed E-state index contributed by atoms with van der Waals surface area (Å²) in [5, 5.41) is 0. The predicted molar refractivity (Wildman–Crippen MR) is 85.1 cm³/mol. The van der Waals surface area contributed by atoms with E-state index in [9.17, 15) is 18.4 Å². The molecule has 0 heterocycles. The van der Waals surface area contributed by atoms with Crippen molar-refractivity contribution < 1.29 is 18.4 Å². The number of hydrogen-bond donors (Lipinski definition) is 0. The molecule has 0 atom stereocenters. The average molecular weight is 340 g/mol. The van der Waals surface area contributed by atoms with Crippen LogP contribution in [0.3, 0.4) is 0 Å². The number of carbonyl (C=O) groups is 2. The zero-order valence-electron chi connectivity index (χ0n) is 11.1. The highest BCUT2D eigenvalue weighted by molar-refractivity contribution is 8.77. The van der Waals surface area contributed by atoms with Crippen LogP contribution in [-0.4, -0.2) is 12.8 Å². The van der Waals surface area contributed by atoms with Gasteiger partial charge in [0.2, 0.25) is 12.8 Å². The van der Waals surface area contributed by atoms with E-state index in [1.165, 1.54) is 57.1 Å².